The van der Waals surface area contributed by atoms with E-state index in [1.165, 1.54) is 30.8 Å². The molecule has 17 heavy (non-hydrogen) atoms. The highest BCUT2D eigenvalue weighted by molar-refractivity contribution is 7.99. The Bertz CT molecular complexity index is 396. The fourth-order valence-corrected chi connectivity index (χ4v) is 3.84. The Morgan fingerprint density at radius 3 is 2.71 bits per heavy atom. The highest BCUT2D eigenvalue weighted by atomic mass is 35.5. The fourth-order valence-electron chi connectivity index (χ4n) is 2.42. The second-order valence-electron chi connectivity index (χ2n) is 4.75. The molecule has 3 rings (SSSR count). The van der Waals surface area contributed by atoms with Crippen LogP contribution in [0, 0.1) is 6.92 Å². The van der Waals surface area contributed by atoms with Gasteiger partial charge in [-0.2, -0.15) is 11.8 Å². The number of rotatable bonds is 3. The first-order chi connectivity index (χ1) is 8.24. The van der Waals surface area contributed by atoms with Gasteiger partial charge in [-0.1, -0.05) is 11.6 Å². The summed E-state index contributed by atoms with van der Waals surface area (Å²) in [6.07, 6.45) is 3.85. The van der Waals surface area contributed by atoms with Crippen LogP contribution in [0.25, 0.3) is 0 Å². The first kappa shape index (κ1) is 11.6. The van der Waals surface area contributed by atoms with Crippen molar-refractivity contribution >= 4 is 29.2 Å². The maximum atomic E-state index is 6.04. The van der Waals surface area contributed by atoms with E-state index >= 15 is 0 Å². The van der Waals surface area contributed by atoms with E-state index in [-0.39, 0.29) is 0 Å². The van der Waals surface area contributed by atoms with Gasteiger partial charge in [0.1, 0.15) is 16.8 Å². The molecule has 1 aromatic heterocycles. The molecule has 1 aliphatic heterocycles. The number of aromatic nitrogens is 2. The Labute approximate surface area is 111 Å². The van der Waals surface area contributed by atoms with Gasteiger partial charge in [-0.3, -0.25) is 0 Å². The van der Waals surface area contributed by atoms with Crippen LogP contribution in [-0.2, 0) is 0 Å². The quantitative estimate of drug-likeness (QED) is 0.789. The minimum Gasteiger partial charge on any atom is -0.350 e. The number of halogens is 1. The summed E-state index contributed by atoms with van der Waals surface area (Å²) in [6, 6.07) is 3.23. The van der Waals surface area contributed by atoms with Crippen molar-refractivity contribution in [2.75, 3.05) is 16.4 Å². The Hall–Kier alpha value is -0.480. The molecule has 1 saturated carbocycles. The molecule has 1 unspecified atom stereocenters. The van der Waals surface area contributed by atoms with Crippen molar-refractivity contribution in [1.82, 2.24) is 9.97 Å². The van der Waals surface area contributed by atoms with Crippen molar-refractivity contribution in [3.63, 3.8) is 0 Å². The Balaban J connectivity index is 1.91. The summed E-state index contributed by atoms with van der Waals surface area (Å²) >= 11 is 8.08. The third-order valence-corrected chi connectivity index (χ3v) is 4.64. The van der Waals surface area contributed by atoms with E-state index < -0.39 is 0 Å². The van der Waals surface area contributed by atoms with Crippen LogP contribution in [0.4, 0.5) is 5.82 Å². The van der Waals surface area contributed by atoms with E-state index in [0.29, 0.717) is 17.2 Å². The first-order valence-corrected chi connectivity index (χ1v) is 7.64. The lowest BCUT2D eigenvalue weighted by Crippen LogP contribution is -2.38. The molecule has 5 heteroatoms. The third-order valence-electron chi connectivity index (χ3n) is 3.30. The lowest BCUT2D eigenvalue weighted by atomic mass is 10.2. The molecule has 0 bridgehead atoms. The van der Waals surface area contributed by atoms with E-state index in [9.17, 15) is 0 Å². The van der Waals surface area contributed by atoms with Crippen LogP contribution >= 0.6 is 23.4 Å². The van der Waals surface area contributed by atoms with Gasteiger partial charge >= 0.3 is 0 Å². The molecule has 0 aromatic carbocycles. The lowest BCUT2D eigenvalue weighted by molar-refractivity contribution is 0.630. The van der Waals surface area contributed by atoms with Gasteiger partial charge in [0.2, 0.25) is 0 Å². The standard InChI is InChI=1S/C12H16ClN3S/c1-8-14-11(13)6-12(15-8)16(9-2-3-9)10-4-5-17-7-10/h6,9-10H,2-5,7H2,1H3. The molecule has 0 amide bonds. The van der Waals surface area contributed by atoms with Crippen molar-refractivity contribution in [3.8, 4) is 0 Å². The minimum atomic E-state index is 0.559. The third kappa shape index (κ3) is 2.52. The zero-order valence-electron chi connectivity index (χ0n) is 9.90. The summed E-state index contributed by atoms with van der Waals surface area (Å²) in [7, 11) is 0. The van der Waals surface area contributed by atoms with Gasteiger partial charge in [0.05, 0.1) is 0 Å². The molecular formula is C12H16ClN3S. The van der Waals surface area contributed by atoms with Crippen LogP contribution in [0.3, 0.4) is 0 Å². The van der Waals surface area contributed by atoms with Crippen LogP contribution in [0.2, 0.25) is 5.15 Å². The van der Waals surface area contributed by atoms with Gasteiger partial charge in [-0.15, -0.1) is 0 Å². The highest BCUT2D eigenvalue weighted by Gasteiger charge is 2.36. The zero-order chi connectivity index (χ0) is 11.8. The maximum Gasteiger partial charge on any atom is 0.134 e. The molecule has 1 aromatic rings. The zero-order valence-corrected chi connectivity index (χ0v) is 11.5. The molecule has 92 valence electrons. The molecule has 3 nitrogen and oxygen atoms in total. The van der Waals surface area contributed by atoms with Gasteiger partial charge in [-0.25, -0.2) is 9.97 Å². The summed E-state index contributed by atoms with van der Waals surface area (Å²) < 4.78 is 0. The summed E-state index contributed by atoms with van der Waals surface area (Å²) in [6.45, 7) is 1.91. The molecule has 2 heterocycles. The highest BCUT2D eigenvalue weighted by Crippen LogP contribution is 2.37. The number of anilines is 1. The molecule has 1 atom stereocenters. The molecule has 0 spiro atoms. The molecule has 0 N–H and O–H groups in total. The molecule has 2 aliphatic rings. The van der Waals surface area contributed by atoms with E-state index in [1.54, 1.807) is 0 Å². The van der Waals surface area contributed by atoms with Gasteiger partial charge in [0.25, 0.3) is 0 Å². The van der Waals surface area contributed by atoms with Crippen molar-refractivity contribution in [3.05, 3.63) is 17.0 Å². The predicted molar refractivity (Wildman–Crippen MR) is 73.0 cm³/mol. The fraction of sp³-hybridized carbons (Fsp3) is 0.667. The smallest absolute Gasteiger partial charge is 0.134 e. The summed E-state index contributed by atoms with van der Waals surface area (Å²) in [5, 5.41) is 0.559. The van der Waals surface area contributed by atoms with Crippen molar-refractivity contribution in [2.45, 2.75) is 38.3 Å². The van der Waals surface area contributed by atoms with Crippen LogP contribution in [-0.4, -0.2) is 33.6 Å². The normalized spacial score (nSPS) is 24.0. The molecule has 2 fully saturated rings. The molecule has 1 aliphatic carbocycles. The maximum absolute atomic E-state index is 6.04. The van der Waals surface area contributed by atoms with E-state index in [2.05, 4.69) is 14.9 Å². The Kier molecular flexibility index (Phi) is 3.17. The average Bonchev–Trinajstić information content (AvgIpc) is 2.92. The Morgan fingerprint density at radius 2 is 2.12 bits per heavy atom. The number of aryl methyl sites for hydroxylation is 1. The van der Waals surface area contributed by atoms with Gasteiger partial charge in [0.15, 0.2) is 0 Å². The Morgan fingerprint density at radius 1 is 1.29 bits per heavy atom. The second-order valence-corrected chi connectivity index (χ2v) is 6.29. The van der Waals surface area contributed by atoms with Crippen molar-refractivity contribution in [1.29, 1.82) is 0 Å². The van der Waals surface area contributed by atoms with Crippen molar-refractivity contribution < 1.29 is 0 Å². The summed E-state index contributed by atoms with van der Waals surface area (Å²) in [5.74, 6) is 4.28. The van der Waals surface area contributed by atoms with E-state index in [4.69, 9.17) is 11.6 Å². The predicted octanol–water partition coefficient (Wildman–Crippen LogP) is 2.91. The summed E-state index contributed by atoms with van der Waals surface area (Å²) in [5.41, 5.74) is 0. The number of thioether (sulfide) groups is 1. The SMILES string of the molecule is Cc1nc(Cl)cc(N(C2CC2)C2CCSC2)n1. The van der Waals surface area contributed by atoms with Gasteiger partial charge in [-0.05, 0) is 31.9 Å². The average molecular weight is 270 g/mol. The van der Waals surface area contributed by atoms with Crippen LogP contribution in [0.5, 0.6) is 0 Å². The lowest BCUT2D eigenvalue weighted by Gasteiger charge is -2.29. The molecular weight excluding hydrogens is 254 g/mol. The van der Waals surface area contributed by atoms with Crippen LogP contribution < -0.4 is 4.90 Å². The first-order valence-electron chi connectivity index (χ1n) is 6.11. The topological polar surface area (TPSA) is 29.0 Å². The monoisotopic (exact) mass is 269 g/mol. The number of hydrogen-bond acceptors (Lipinski definition) is 4. The molecule has 1 saturated heterocycles. The number of hydrogen-bond donors (Lipinski definition) is 0. The molecule has 0 radical (unpaired) electrons. The van der Waals surface area contributed by atoms with Gasteiger partial charge < -0.3 is 4.90 Å². The summed E-state index contributed by atoms with van der Waals surface area (Å²) in [4.78, 5) is 11.2. The van der Waals surface area contributed by atoms with Crippen LogP contribution in [0.1, 0.15) is 25.1 Å². The van der Waals surface area contributed by atoms with E-state index in [0.717, 1.165) is 11.6 Å². The number of nitrogens with zero attached hydrogens (tertiary/aromatic N) is 3. The second kappa shape index (κ2) is 4.65. The largest absolute Gasteiger partial charge is 0.350 e. The van der Waals surface area contributed by atoms with Crippen LogP contribution in [0.15, 0.2) is 6.07 Å². The van der Waals surface area contributed by atoms with Crippen molar-refractivity contribution in [2.24, 2.45) is 0 Å². The minimum absolute atomic E-state index is 0.559. The van der Waals surface area contributed by atoms with E-state index in [1.807, 2.05) is 24.8 Å². The van der Waals surface area contributed by atoms with Gasteiger partial charge in [0, 0.05) is 23.9 Å².